The van der Waals surface area contributed by atoms with E-state index in [1.54, 1.807) is 24.3 Å². The van der Waals surface area contributed by atoms with Crippen LogP contribution in [-0.4, -0.2) is 6.36 Å². The summed E-state index contributed by atoms with van der Waals surface area (Å²) < 4.78 is 47.3. The molecule has 0 unspecified atom stereocenters. The van der Waals surface area contributed by atoms with Crippen LogP contribution >= 0.6 is 0 Å². The van der Waals surface area contributed by atoms with Gasteiger partial charge < -0.3 is 15.2 Å². The van der Waals surface area contributed by atoms with E-state index in [2.05, 4.69) is 4.74 Å². The summed E-state index contributed by atoms with van der Waals surface area (Å²) >= 11 is 0. The lowest BCUT2D eigenvalue weighted by molar-refractivity contribution is -0.274. The number of nitrogens with two attached hydrogens (primary N) is 1. The number of halogens is 3. The monoisotopic (exact) mass is 359 g/mol. The molecule has 3 aromatic rings. The molecule has 0 saturated heterocycles. The minimum absolute atomic E-state index is 0.329. The third-order valence-electron chi connectivity index (χ3n) is 3.67. The van der Waals surface area contributed by atoms with Crippen molar-refractivity contribution in [2.24, 2.45) is 0 Å². The van der Waals surface area contributed by atoms with Crippen LogP contribution in [0.5, 0.6) is 11.5 Å². The summed E-state index contributed by atoms with van der Waals surface area (Å²) in [7, 11) is 0. The fourth-order valence-electron chi connectivity index (χ4n) is 2.52. The number of hydrogen-bond donors (Lipinski definition) is 1. The lowest BCUT2D eigenvalue weighted by Gasteiger charge is -2.15. The van der Waals surface area contributed by atoms with Crippen molar-refractivity contribution in [1.82, 2.24) is 0 Å². The highest BCUT2D eigenvalue weighted by Gasteiger charge is 2.31. The molecule has 0 aliphatic rings. The third-order valence-corrected chi connectivity index (χ3v) is 3.67. The molecule has 0 amide bonds. The molecule has 0 bridgehead atoms. The van der Waals surface area contributed by atoms with Crippen molar-refractivity contribution in [3.63, 3.8) is 0 Å². The first kappa shape index (κ1) is 17.7. The number of benzene rings is 3. The van der Waals surface area contributed by atoms with Crippen LogP contribution in [0.4, 0.5) is 18.9 Å². The van der Waals surface area contributed by atoms with E-state index < -0.39 is 6.36 Å². The zero-order chi connectivity index (χ0) is 18.6. The van der Waals surface area contributed by atoms with E-state index in [9.17, 15) is 13.2 Å². The second-order valence-electron chi connectivity index (χ2n) is 5.57. The van der Waals surface area contributed by atoms with Crippen LogP contribution in [0.25, 0.3) is 11.1 Å². The van der Waals surface area contributed by atoms with Gasteiger partial charge in [-0.15, -0.1) is 13.2 Å². The quantitative estimate of drug-likeness (QED) is 0.619. The zero-order valence-electron chi connectivity index (χ0n) is 13.7. The summed E-state index contributed by atoms with van der Waals surface area (Å²) in [6, 6.07) is 20.4. The van der Waals surface area contributed by atoms with Gasteiger partial charge in [0, 0.05) is 16.8 Å². The molecule has 0 spiro atoms. The maximum atomic E-state index is 12.5. The molecule has 0 aliphatic carbocycles. The summed E-state index contributed by atoms with van der Waals surface area (Å²) in [6.07, 6.45) is -4.77. The number of ether oxygens (including phenoxy) is 2. The number of alkyl halides is 3. The van der Waals surface area contributed by atoms with Crippen LogP contribution < -0.4 is 15.2 Å². The van der Waals surface area contributed by atoms with E-state index in [0.29, 0.717) is 29.2 Å². The Bertz CT molecular complexity index is 880. The number of rotatable bonds is 5. The second-order valence-corrected chi connectivity index (χ2v) is 5.57. The minimum atomic E-state index is -4.77. The Labute approximate surface area is 148 Å². The number of hydrogen-bond acceptors (Lipinski definition) is 3. The molecule has 3 aromatic carbocycles. The number of anilines is 1. The van der Waals surface area contributed by atoms with Gasteiger partial charge in [-0.1, -0.05) is 48.5 Å². The van der Waals surface area contributed by atoms with Gasteiger partial charge in [0.1, 0.15) is 18.1 Å². The smallest absolute Gasteiger partial charge is 0.488 e. The Morgan fingerprint density at radius 3 is 2.23 bits per heavy atom. The van der Waals surface area contributed by atoms with Gasteiger partial charge in [-0.3, -0.25) is 0 Å². The largest absolute Gasteiger partial charge is 0.573 e. The predicted octanol–water partition coefficient (Wildman–Crippen LogP) is 5.41. The first-order valence-corrected chi connectivity index (χ1v) is 7.84. The molecule has 0 atom stereocenters. The molecule has 0 aromatic heterocycles. The summed E-state index contributed by atoms with van der Waals surface area (Å²) in [5, 5.41) is 0. The van der Waals surface area contributed by atoms with E-state index in [1.807, 2.05) is 30.3 Å². The van der Waals surface area contributed by atoms with Gasteiger partial charge in [0.15, 0.2) is 0 Å². The van der Waals surface area contributed by atoms with E-state index in [4.69, 9.17) is 10.5 Å². The first-order valence-electron chi connectivity index (χ1n) is 7.84. The van der Waals surface area contributed by atoms with Crippen LogP contribution in [0.2, 0.25) is 0 Å². The van der Waals surface area contributed by atoms with Gasteiger partial charge in [-0.05, 0) is 29.8 Å². The van der Waals surface area contributed by atoms with E-state index in [0.717, 1.165) is 5.56 Å². The normalized spacial score (nSPS) is 11.2. The molecule has 0 saturated carbocycles. The van der Waals surface area contributed by atoms with E-state index in [-0.39, 0.29) is 5.75 Å². The molecule has 0 radical (unpaired) electrons. The number of para-hydroxylation sites is 1. The fraction of sp³-hybridized carbons (Fsp3) is 0.100. The van der Waals surface area contributed by atoms with Crippen molar-refractivity contribution in [3.8, 4) is 22.6 Å². The molecule has 6 heteroatoms. The molecule has 0 fully saturated rings. The third kappa shape index (κ3) is 4.47. The van der Waals surface area contributed by atoms with Gasteiger partial charge in [0.05, 0.1) is 0 Å². The molecular formula is C20H16F3NO2. The van der Waals surface area contributed by atoms with Crippen molar-refractivity contribution in [3.05, 3.63) is 78.4 Å². The topological polar surface area (TPSA) is 44.5 Å². The Hall–Kier alpha value is -3.15. The maximum absolute atomic E-state index is 12.5. The van der Waals surface area contributed by atoms with Crippen LogP contribution in [0.3, 0.4) is 0 Å². The average molecular weight is 359 g/mol. The number of nitrogen functional groups attached to an aromatic ring is 1. The van der Waals surface area contributed by atoms with Crippen molar-refractivity contribution in [1.29, 1.82) is 0 Å². The summed E-state index contributed by atoms with van der Waals surface area (Å²) in [5.41, 5.74) is 8.28. The van der Waals surface area contributed by atoms with Crippen LogP contribution in [-0.2, 0) is 6.61 Å². The Morgan fingerprint density at radius 2 is 1.50 bits per heavy atom. The molecule has 26 heavy (non-hydrogen) atoms. The molecule has 3 nitrogen and oxygen atoms in total. The van der Waals surface area contributed by atoms with Crippen LogP contribution in [0.15, 0.2) is 72.8 Å². The van der Waals surface area contributed by atoms with Gasteiger partial charge in [-0.25, -0.2) is 0 Å². The zero-order valence-corrected chi connectivity index (χ0v) is 13.7. The van der Waals surface area contributed by atoms with Crippen molar-refractivity contribution >= 4 is 5.69 Å². The Kier molecular flexibility index (Phi) is 5.02. The molecule has 134 valence electrons. The van der Waals surface area contributed by atoms with Crippen molar-refractivity contribution in [2.45, 2.75) is 13.0 Å². The highest BCUT2D eigenvalue weighted by molar-refractivity contribution is 5.81. The highest BCUT2D eigenvalue weighted by atomic mass is 19.4. The lowest BCUT2D eigenvalue weighted by Crippen LogP contribution is -2.17. The molecule has 2 N–H and O–H groups in total. The van der Waals surface area contributed by atoms with Crippen LogP contribution in [0, 0.1) is 0 Å². The SMILES string of the molecule is Nc1ccc(OC(F)(F)F)cc1-c1ccccc1OCc1ccccc1. The summed E-state index contributed by atoms with van der Waals surface area (Å²) in [6.45, 7) is 0.330. The van der Waals surface area contributed by atoms with E-state index >= 15 is 0 Å². The van der Waals surface area contributed by atoms with Crippen LogP contribution in [0.1, 0.15) is 5.56 Å². The first-order chi connectivity index (χ1) is 12.4. The predicted molar refractivity (Wildman–Crippen MR) is 93.7 cm³/mol. The van der Waals surface area contributed by atoms with Gasteiger partial charge >= 0.3 is 6.36 Å². The summed E-state index contributed by atoms with van der Waals surface area (Å²) in [4.78, 5) is 0. The van der Waals surface area contributed by atoms with Gasteiger partial charge in [0.2, 0.25) is 0 Å². The second kappa shape index (κ2) is 7.39. The highest BCUT2D eigenvalue weighted by Crippen LogP contribution is 2.37. The standard InChI is InChI=1S/C20H16F3NO2/c21-20(22,23)26-15-10-11-18(24)17(12-15)16-8-4-5-9-19(16)25-13-14-6-2-1-3-7-14/h1-12H,13,24H2. The summed E-state index contributed by atoms with van der Waals surface area (Å²) in [5.74, 6) is 0.187. The van der Waals surface area contributed by atoms with Crippen molar-refractivity contribution in [2.75, 3.05) is 5.73 Å². The Balaban J connectivity index is 1.90. The van der Waals surface area contributed by atoms with Gasteiger partial charge in [-0.2, -0.15) is 0 Å². The molecular weight excluding hydrogens is 343 g/mol. The van der Waals surface area contributed by atoms with Gasteiger partial charge in [0.25, 0.3) is 0 Å². The lowest BCUT2D eigenvalue weighted by atomic mass is 10.0. The average Bonchev–Trinajstić information content (AvgIpc) is 2.62. The minimum Gasteiger partial charge on any atom is -0.488 e. The fourth-order valence-corrected chi connectivity index (χ4v) is 2.52. The molecule has 0 heterocycles. The Morgan fingerprint density at radius 1 is 0.808 bits per heavy atom. The molecule has 0 aliphatic heterocycles. The van der Waals surface area contributed by atoms with E-state index in [1.165, 1.54) is 18.2 Å². The van der Waals surface area contributed by atoms with Crippen molar-refractivity contribution < 1.29 is 22.6 Å². The molecule has 3 rings (SSSR count). The maximum Gasteiger partial charge on any atom is 0.573 e.